The Morgan fingerprint density at radius 3 is 3.00 bits per heavy atom. The van der Waals surface area contributed by atoms with E-state index in [0.29, 0.717) is 6.42 Å². The predicted octanol–water partition coefficient (Wildman–Crippen LogP) is 1.13. The molecule has 0 fully saturated rings. The highest BCUT2D eigenvalue weighted by Gasteiger charge is 2.01. The minimum Gasteiger partial charge on any atom is -0.359 e. The van der Waals surface area contributed by atoms with Crippen LogP contribution in [-0.2, 0) is 11.2 Å². The summed E-state index contributed by atoms with van der Waals surface area (Å²) < 4.78 is 0. The first-order chi connectivity index (χ1) is 5.72. The minimum absolute atomic E-state index is 0.0700. The Labute approximate surface area is 75.8 Å². The van der Waals surface area contributed by atoms with Crippen molar-refractivity contribution in [3.8, 4) is 0 Å². The number of aromatic nitrogens is 1. The molecule has 1 aromatic heterocycles. The average Bonchev–Trinajstić information content (AvgIpc) is 2.47. The lowest BCUT2D eigenvalue weighted by Gasteiger charge is -1.95. The maximum atomic E-state index is 10.9. The van der Waals surface area contributed by atoms with Crippen molar-refractivity contribution in [1.82, 2.24) is 10.3 Å². The molecular formula is C8H12N2OS. The highest BCUT2D eigenvalue weighted by molar-refractivity contribution is 7.09. The van der Waals surface area contributed by atoms with E-state index in [-0.39, 0.29) is 5.91 Å². The predicted molar refractivity (Wildman–Crippen MR) is 49.2 cm³/mol. The van der Waals surface area contributed by atoms with Gasteiger partial charge in [0.15, 0.2) is 0 Å². The number of carbonyl (C=O) groups is 1. The molecule has 0 saturated heterocycles. The van der Waals surface area contributed by atoms with Gasteiger partial charge in [0.05, 0.1) is 10.7 Å². The smallest absolute Gasteiger partial charge is 0.220 e. The number of carbonyl (C=O) groups excluding carboxylic acids is 1. The SMILES string of the molecule is CNC(=O)CCc1csc(C)n1. The third kappa shape index (κ3) is 2.62. The van der Waals surface area contributed by atoms with Crippen molar-refractivity contribution in [1.29, 1.82) is 0 Å². The molecule has 12 heavy (non-hydrogen) atoms. The second-order valence-corrected chi connectivity index (χ2v) is 3.59. The lowest BCUT2D eigenvalue weighted by Crippen LogP contribution is -2.17. The van der Waals surface area contributed by atoms with Gasteiger partial charge in [-0.2, -0.15) is 0 Å². The van der Waals surface area contributed by atoms with E-state index in [1.54, 1.807) is 18.4 Å². The topological polar surface area (TPSA) is 42.0 Å². The van der Waals surface area contributed by atoms with Gasteiger partial charge in [-0.25, -0.2) is 4.98 Å². The van der Waals surface area contributed by atoms with E-state index in [4.69, 9.17) is 0 Å². The Bertz CT molecular complexity index is 270. The number of hydrogen-bond acceptors (Lipinski definition) is 3. The van der Waals surface area contributed by atoms with Crippen LogP contribution < -0.4 is 5.32 Å². The Hall–Kier alpha value is -0.900. The molecule has 3 nitrogen and oxygen atoms in total. The summed E-state index contributed by atoms with van der Waals surface area (Å²) in [6, 6.07) is 0. The van der Waals surface area contributed by atoms with Gasteiger partial charge in [-0.15, -0.1) is 11.3 Å². The summed E-state index contributed by atoms with van der Waals surface area (Å²) in [6.07, 6.45) is 1.27. The first kappa shape index (κ1) is 9.19. The van der Waals surface area contributed by atoms with Gasteiger partial charge in [0.1, 0.15) is 0 Å². The molecule has 4 heteroatoms. The van der Waals surface area contributed by atoms with Crippen LogP contribution in [0.4, 0.5) is 0 Å². The Morgan fingerprint density at radius 1 is 1.75 bits per heavy atom. The Balaban J connectivity index is 2.38. The second kappa shape index (κ2) is 4.21. The van der Waals surface area contributed by atoms with Gasteiger partial charge in [0.2, 0.25) is 5.91 Å². The lowest BCUT2D eigenvalue weighted by molar-refractivity contribution is -0.120. The lowest BCUT2D eigenvalue weighted by atomic mass is 10.2. The number of amides is 1. The number of rotatable bonds is 3. The largest absolute Gasteiger partial charge is 0.359 e. The van der Waals surface area contributed by atoms with Gasteiger partial charge in [0.25, 0.3) is 0 Å². The van der Waals surface area contributed by atoms with Crippen molar-refractivity contribution in [2.45, 2.75) is 19.8 Å². The molecule has 0 spiro atoms. The fourth-order valence-corrected chi connectivity index (χ4v) is 1.54. The molecule has 1 heterocycles. The maximum absolute atomic E-state index is 10.9. The first-order valence-electron chi connectivity index (χ1n) is 3.84. The zero-order valence-corrected chi connectivity index (χ0v) is 8.07. The van der Waals surface area contributed by atoms with Crippen molar-refractivity contribution in [2.24, 2.45) is 0 Å². The van der Waals surface area contributed by atoms with Gasteiger partial charge in [0, 0.05) is 18.8 Å². The summed E-state index contributed by atoms with van der Waals surface area (Å²) in [6.45, 7) is 1.97. The van der Waals surface area contributed by atoms with Crippen LogP contribution in [0.25, 0.3) is 0 Å². The van der Waals surface area contributed by atoms with Crippen LogP contribution in [0.15, 0.2) is 5.38 Å². The van der Waals surface area contributed by atoms with E-state index in [1.807, 2.05) is 12.3 Å². The molecule has 0 aliphatic heterocycles. The van der Waals surface area contributed by atoms with Crippen molar-refractivity contribution in [3.63, 3.8) is 0 Å². The van der Waals surface area contributed by atoms with E-state index < -0.39 is 0 Å². The fourth-order valence-electron chi connectivity index (χ4n) is 0.890. The molecule has 0 aliphatic carbocycles. The van der Waals surface area contributed by atoms with Gasteiger partial charge in [-0.1, -0.05) is 0 Å². The molecule has 0 radical (unpaired) electrons. The third-order valence-corrected chi connectivity index (χ3v) is 2.38. The normalized spacial score (nSPS) is 9.83. The van der Waals surface area contributed by atoms with E-state index in [1.165, 1.54) is 0 Å². The molecular weight excluding hydrogens is 172 g/mol. The molecule has 66 valence electrons. The second-order valence-electron chi connectivity index (χ2n) is 2.53. The molecule has 0 aliphatic rings. The molecule has 1 rings (SSSR count). The van der Waals surface area contributed by atoms with Gasteiger partial charge >= 0.3 is 0 Å². The molecule has 1 amide bonds. The van der Waals surface area contributed by atoms with E-state index in [2.05, 4.69) is 10.3 Å². The number of nitrogens with zero attached hydrogens (tertiary/aromatic N) is 1. The number of thiazole rings is 1. The number of nitrogens with one attached hydrogen (secondary N) is 1. The summed E-state index contributed by atoms with van der Waals surface area (Å²) in [5.74, 6) is 0.0700. The molecule has 1 N–H and O–H groups in total. The van der Waals surface area contributed by atoms with Crippen LogP contribution in [0, 0.1) is 6.92 Å². The van der Waals surface area contributed by atoms with Gasteiger partial charge < -0.3 is 5.32 Å². The van der Waals surface area contributed by atoms with E-state index in [9.17, 15) is 4.79 Å². The van der Waals surface area contributed by atoms with Crippen LogP contribution in [-0.4, -0.2) is 17.9 Å². The van der Waals surface area contributed by atoms with Crippen LogP contribution in [0.3, 0.4) is 0 Å². The summed E-state index contributed by atoms with van der Waals surface area (Å²) in [4.78, 5) is 15.1. The van der Waals surface area contributed by atoms with Crippen molar-refractivity contribution in [2.75, 3.05) is 7.05 Å². The summed E-state index contributed by atoms with van der Waals surface area (Å²) in [5, 5.41) is 5.63. The highest BCUT2D eigenvalue weighted by Crippen LogP contribution is 2.09. The van der Waals surface area contributed by atoms with Gasteiger partial charge in [-0.3, -0.25) is 4.79 Å². The van der Waals surface area contributed by atoms with Crippen LogP contribution in [0.5, 0.6) is 0 Å². The van der Waals surface area contributed by atoms with Crippen molar-refractivity contribution in [3.05, 3.63) is 16.1 Å². The summed E-state index contributed by atoms with van der Waals surface area (Å²) in [5.41, 5.74) is 1.01. The van der Waals surface area contributed by atoms with Crippen molar-refractivity contribution >= 4 is 17.2 Å². The Morgan fingerprint density at radius 2 is 2.50 bits per heavy atom. The number of hydrogen-bond donors (Lipinski definition) is 1. The van der Waals surface area contributed by atoms with Crippen LogP contribution in [0.2, 0.25) is 0 Å². The molecule has 1 aromatic rings. The van der Waals surface area contributed by atoms with E-state index in [0.717, 1.165) is 17.1 Å². The molecule has 0 aromatic carbocycles. The monoisotopic (exact) mass is 184 g/mol. The average molecular weight is 184 g/mol. The van der Waals surface area contributed by atoms with Crippen LogP contribution >= 0.6 is 11.3 Å². The zero-order chi connectivity index (χ0) is 8.97. The van der Waals surface area contributed by atoms with Gasteiger partial charge in [-0.05, 0) is 13.3 Å². The van der Waals surface area contributed by atoms with Crippen LogP contribution in [0.1, 0.15) is 17.1 Å². The molecule has 0 atom stereocenters. The molecule has 0 saturated carbocycles. The third-order valence-electron chi connectivity index (χ3n) is 1.55. The summed E-state index contributed by atoms with van der Waals surface area (Å²) in [7, 11) is 1.65. The quantitative estimate of drug-likeness (QED) is 0.765. The molecule has 0 unspecified atom stereocenters. The maximum Gasteiger partial charge on any atom is 0.220 e. The minimum atomic E-state index is 0.0700. The zero-order valence-electron chi connectivity index (χ0n) is 7.26. The number of aryl methyl sites for hydroxylation is 2. The highest BCUT2D eigenvalue weighted by atomic mass is 32.1. The van der Waals surface area contributed by atoms with Crippen molar-refractivity contribution < 1.29 is 4.79 Å². The van der Waals surface area contributed by atoms with E-state index >= 15 is 0 Å². The Kier molecular flexibility index (Phi) is 3.22. The molecule has 0 bridgehead atoms. The standard InChI is InChI=1S/C8H12N2OS/c1-6-10-7(5-12-6)3-4-8(11)9-2/h5H,3-4H2,1-2H3,(H,9,11). The first-order valence-corrected chi connectivity index (χ1v) is 4.72. The fraction of sp³-hybridized carbons (Fsp3) is 0.500. The summed E-state index contributed by atoms with van der Waals surface area (Å²) >= 11 is 1.62.